The lowest BCUT2D eigenvalue weighted by Gasteiger charge is -2.34. The van der Waals surface area contributed by atoms with Crippen LogP contribution in [0.3, 0.4) is 0 Å². The molecule has 5 heteroatoms. The smallest absolute Gasteiger partial charge is 0.120 e. The van der Waals surface area contributed by atoms with Crippen LogP contribution in [0.2, 0.25) is 0 Å². The number of ether oxygens (including phenoxy) is 1. The molecule has 0 radical (unpaired) electrons. The average Bonchev–Trinajstić information content (AvgIpc) is 2.64. The summed E-state index contributed by atoms with van der Waals surface area (Å²) < 4.78 is 6.05. The number of benzene rings is 2. The Hall–Kier alpha value is -2.79. The van der Waals surface area contributed by atoms with Crippen LogP contribution in [-0.4, -0.2) is 36.6 Å². The highest BCUT2D eigenvalue weighted by atomic mass is 16.5. The first-order valence-electron chi connectivity index (χ1n) is 9.99. The van der Waals surface area contributed by atoms with Crippen molar-refractivity contribution in [3.63, 3.8) is 0 Å². The summed E-state index contributed by atoms with van der Waals surface area (Å²) in [4.78, 5) is 7.25. The number of aliphatic hydroxyl groups excluding tert-OH is 1. The lowest BCUT2D eigenvalue weighted by Crippen LogP contribution is -2.36. The summed E-state index contributed by atoms with van der Waals surface area (Å²) in [5.41, 5.74) is 10.00. The number of nitrogens with zero attached hydrogens (tertiary/aromatic N) is 2. The van der Waals surface area contributed by atoms with E-state index in [4.69, 9.17) is 15.5 Å². The number of hydrogen-bond donors (Lipinski definition) is 2. The molecule has 2 aromatic rings. The molecule has 1 aliphatic carbocycles. The van der Waals surface area contributed by atoms with Crippen molar-refractivity contribution < 1.29 is 9.84 Å². The number of allylic oxidation sites excluding steroid dienone is 1. The summed E-state index contributed by atoms with van der Waals surface area (Å²) in [6.45, 7) is 1.91. The van der Waals surface area contributed by atoms with Crippen LogP contribution >= 0.6 is 0 Å². The monoisotopic (exact) mass is 377 g/mol. The fraction of sp³-hybridized carbons (Fsp3) is 0.348. The van der Waals surface area contributed by atoms with Crippen molar-refractivity contribution in [2.75, 3.05) is 24.6 Å². The highest BCUT2D eigenvalue weighted by Gasteiger charge is 2.20. The third-order valence-electron chi connectivity index (χ3n) is 5.31. The summed E-state index contributed by atoms with van der Waals surface area (Å²) in [7, 11) is 0. The van der Waals surface area contributed by atoms with Crippen LogP contribution < -0.4 is 15.4 Å². The second kappa shape index (κ2) is 8.48. The number of nitrogens with two attached hydrogens (primary N) is 1. The van der Waals surface area contributed by atoms with Gasteiger partial charge in [-0.3, -0.25) is 0 Å². The molecule has 2 aromatic carbocycles. The molecule has 0 aromatic heterocycles. The summed E-state index contributed by atoms with van der Waals surface area (Å²) in [5.74, 6) is 0.849. The maximum Gasteiger partial charge on any atom is 0.120 e. The third-order valence-corrected chi connectivity index (χ3v) is 5.31. The number of anilines is 1. The minimum Gasteiger partial charge on any atom is -0.490 e. The Balaban J connectivity index is 1.70. The molecule has 2 aliphatic rings. The van der Waals surface area contributed by atoms with E-state index in [1.54, 1.807) is 6.08 Å². The van der Waals surface area contributed by atoms with E-state index in [1.807, 2.05) is 42.5 Å². The fourth-order valence-corrected chi connectivity index (χ4v) is 3.32. The Morgan fingerprint density at radius 1 is 1.14 bits per heavy atom. The van der Waals surface area contributed by atoms with Gasteiger partial charge in [-0.2, -0.15) is 0 Å². The molecule has 146 valence electrons. The molecule has 1 aliphatic heterocycles. The molecule has 5 nitrogen and oxygen atoms in total. The second-order valence-electron chi connectivity index (χ2n) is 7.40. The van der Waals surface area contributed by atoms with E-state index in [1.165, 1.54) is 12.8 Å². The molecule has 2 fully saturated rings. The summed E-state index contributed by atoms with van der Waals surface area (Å²) in [6, 6.07) is 16.1. The van der Waals surface area contributed by atoms with Crippen LogP contribution in [-0.2, 0) is 0 Å². The topological polar surface area (TPSA) is 71.1 Å². The lowest BCUT2D eigenvalue weighted by molar-refractivity contribution is 0.120. The van der Waals surface area contributed by atoms with E-state index in [2.05, 4.69) is 11.0 Å². The summed E-state index contributed by atoms with van der Waals surface area (Å²) >= 11 is 0. The van der Waals surface area contributed by atoms with Crippen molar-refractivity contribution in [2.24, 2.45) is 10.7 Å². The van der Waals surface area contributed by atoms with Gasteiger partial charge in [0.1, 0.15) is 5.75 Å². The predicted molar refractivity (Wildman–Crippen MR) is 114 cm³/mol. The molecule has 4 rings (SSSR count). The molecule has 0 spiro atoms. The Morgan fingerprint density at radius 3 is 2.64 bits per heavy atom. The van der Waals surface area contributed by atoms with Gasteiger partial charge in [-0.15, -0.1) is 0 Å². The van der Waals surface area contributed by atoms with E-state index < -0.39 is 0 Å². The van der Waals surface area contributed by atoms with Crippen LogP contribution in [0.15, 0.2) is 65.3 Å². The van der Waals surface area contributed by atoms with E-state index in [0.29, 0.717) is 11.8 Å². The first kappa shape index (κ1) is 18.6. The highest BCUT2D eigenvalue weighted by Crippen LogP contribution is 2.32. The van der Waals surface area contributed by atoms with Crippen molar-refractivity contribution in [2.45, 2.75) is 31.8 Å². The molecule has 0 atom stereocenters. The van der Waals surface area contributed by atoms with Crippen LogP contribution in [0.1, 0.15) is 31.2 Å². The van der Waals surface area contributed by atoms with Crippen LogP contribution in [0.25, 0.3) is 0 Å². The van der Waals surface area contributed by atoms with E-state index >= 15 is 0 Å². The first-order valence-corrected chi connectivity index (χ1v) is 9.99. The number of aliphatic hydroxyl groups is 1. The fourth-order valence-electron chi connectivity index (χ4n) is 3.32. The van der Waals surface area contributed by atoms with Gasteiger partial charge in [-0.25, -0.2) is 4.99 Å². The van der Waals surface area contributed by atoms with Crippen LogP contribution in [0.5, 0.6) is 5.75 Å². The molecule has 0 amide bonds. The van der Waals surface area contributed by atoms with Crippen molar-refractivity contribution in [1.82, 2.24) is 0 Å². The summed E-state index contributed by atoms with van der Waals surface area (Å²) in [5, 5.41) is 9.42. The van der Waals surface area contributed by atoms with Gasteiger partial charge >= 0.3 is 0 Å². The quantitative estimate of drug-likeness (QED) is 0.721. The molecule has 1 heterocycles. The Kier molecular flexibility index (Phi) is 5.63. The number of hydrogen-bond acceptors (Lipinski definition) is 5. The largest absolute Gasteiger partial charge is 0.490 e. The zero-order valence-electron chi connectivity index (χ0n) is 16.1. The van der Waals surface area contributed by atoms with Gasteiger partial charge in [0, 0.05) is 24.4 Å². The van der Waals surface area contributed by atoms with Crippen molar-refractivity contribution in [1.29, 1.82) is 0 Å². The van der Waals surface area contributed by atoms with Gasteiger partial charge in [0.15, 0.2) is 0 Å². The molecule has 1 saturated carbocycles. The zero-order chi connectivity index (χ0) is 19.3. The minimum absolute atomic E-state index is 0.203. The van der Waals surface area contributed by atoms with Gasteiger partial charge < -0.3 is 20.5 Å². The Labute approximate surface area is 166 Å². The van der Waals surface area contributed by atoms with Crippen LogP contribution in [0, 0.1) is 0 Å². The molecule has 3 N–H and O–H groups in total. The minimum atomic E-state index is -0.203. The third kappa shape index (κ3) is 4.20. The van der Waals surface area contributed by atoms with Crippen molar-refractivity contribution in [3.8, 4) is 5.75 Å². The maximum absolute atomic E-state index is 9.42. The zero-order valence-corrected chi connectivity index (χ0v) is 16.1. The first-order chi connectivity index (χ1) is 13.7. The number of rotatable bonds is 7. The van der Waals surface area contributed by atoms with Crippen molar-refractivity contribution in [3.05, 3.63) is 65.9 Å². The van der Waals surface area contributed by atoms with Crippen molar-refractivity contribution >= 4 is 17.1 Å². The molecule has 0 unspecified atom stereocenters. The van der Waals surface area contributed by atoms with E-state index in [9.17, 15) is 5.11 Å². The SMILES string of the molecule is N/C(=C\C(=Nc1ccccc1N1CCC1)c1cccc(OC2CCC2)c1)CO. The maximum atomic E-state index is 9.42. The molecule has 1 saturated heterocycles. The van der Waals surface area contributed by atoms with Gasteiger partial charge in [0.05, 0.1) is 29.8 Å². The average molecular weight is 377 g/mol. The van der Waals surface area contributed by atoms with E-state index in [-0.39, 0.29) is 6.61 Å². The molecule has 0 bridgehead atoms. The van der Waals surface area contributed by atoms with Gasteiger partial charge in [-0.05, 0) is 56.0 Å². The lowest BCUT2D eigenvalue weighted by atomic mass is 9.96. The summed E-state index contributed by atoms with van der Waals surface area (Å²) in [6.07, 6.45) is 6.75. The van der Waals surface area contributed by atoms with Gasteiger partial charge in [0.2, 0.25) is 0 Å². The molecular formula is C23H27N3O2. The number of aliphatic imine (C=N–C) groups is 1. The van der Waals surface area contributed by atoms with Gasteiger partial charge in [0.25, 0.3) is 0 Å². The molecular weight excluding hydrogens is 350 g/mol. The Bertz CT molecular complexity index is 883. The number of para-hydroxylation sites is 2. The second-order valence-corrected chi connectivity index (χ2v) is 7.40. The highest BCUT2D eigenvalue weighted by molar-refractivity contribution is 6.10. The van der Waals surface area contributed by atoms with Crippen LogP contribution in [0.4, 0.5) is 11.4 Å². The predicted octanol–water partition coefficient (Wildman–Crippen LogP) is 3.78. The normalized spacial score (nSPS) is 17.8. The van der Waals surface area contributed by atoms with E-state index in [0.717, 1.165) is 54.3 Å². The van der Waals surface area contributed by atoms with Gasteiger partial charge in [-0.1, -0.05) is 24.3 Å². The standard InChI is InChI=1S/C23H27N3O2/c24-18(16-27)15-22(17-6-3-9-20(14-17)28-19-7-4-8-19)25-21-10-1-2-11-23(21)26-12-5-13-26/h1-3,6,9-11,14-15,19,27H,4-5,7-8,12-13,16,24H2/b18-15-,25-22?. The molecule has 28 heavy (non-hydrogen) atoms. The Morgan fingerprint density at radius 2 is 1.96 bits per heavy atom.